The molecule has 1 aromatic heterocycles. The molecule has 4 nitrogen and oxygen atoms in total. The van der Waals surface area contributed by atoms with Crippen molar-refractivity contribution in [2.24, 2.45) is 0 Å². The molecular formula is C14H13NO3. The average Bonchev–Trinajstić information content (AvgIpc) is 2.47. The normalized spacial score (nSPS) is 15.2. The number of fused-ring (bicyclic) bond motifs is 1. The lowest BCUT2D eigenvalue weighted by atomic mass is 10.1. The molecule has 1 aliphatic rings. The van der Waals surface area contributed by atoms with Gasteiger partial charge in [-0.1, -0.05) is 12.1 Å². The van der Waals surface area contributed by atoms with Crippen LogP contribution in [0.3, 0.4) is 0 Å². The number of ether oxygens (including phenoxy) is 2. The topological polar surface area (TPSA) is 51.6 Å². The molecule has 1 atom stereocenters. The van der Waals surface area contributed by atoms with Crippen molar-refractivity contribution in [3.63, 3.8) is 0 Å². The van der Waals surface area contributed by atoms with Gasteiger partial charge in [0.05, 0.1) is 5.69 Å². The summed E-state index contributed by atoms with van der Waals surface area (Å²) in [5, 5.41) is 10.2. The van der Waals surface area contributed by atoms with Crippen LogP contribution in [0.15, 0.2) is 42.6 Å². The molecule has 4 heteroatoms. The Hall–Kier alpha value is -2.07. The Kier molecular flexibility index (Phi) is 2.86. The fourth-order valence-corrected chi connectivity index (χ4v) is 1.94. The van der Waals surface area contributed by atoms with Gasteiger partial charge in [0.1, 0.15) is 19.3 Å². The molecule has 0 unspecified atom stereocenters. The molecule has 0 aliphatic carbocycles. The molecule has 1 aliphatic heterocycles. The van der Waals surface area contributed by atoms with E-state index in [0.717, 1.165) is 11.3 Å². The van der Waals surface area contributed by atoms with E-state index in [1.54, 1.807) is 18.3 Å². The van der Waals surface area contributed by atoms with Crippen molar-refractivity contribution in [2.75, 3.05) is 13.2 Å². The minimum atomic E-state index is -0.748. The second-order valence-corrected chi connectivity index (χ2v) is 4.06. The summed E-state index contributed by atoms with van der Waals surface area (Å²) >= 11 is 0. The summed E-state index contributed by atoms with van der Waals surface area (Å²) in [6, 6.07) is 10.9. The molecule has 0 saturated carbocycles. The summed E-state index contributed by atoms with van der Waals surface area (Å²) in [6.07, 6.45) is 0.915. The fourth-order valence-electron chi connectivity index (χ4n) is 1.94. The highest BCUT2D eigenvalue weighted by Gasteiger charge is 2.16. The maximum Gasteiger partial charge on any atom is 0.161 e. The van der Waals surface area contributed by atoms with Crippen molar-refractivity contribution in [3.05, 3.63) is 53.9 Å². The maximum absolute atomic E-state index is 10.2. The standard InChI is InChI=1S/C14H13NO3/c16-14(11-3-1-2-6-15-11)10-4-5-12-13(9-10)18-8-7-17-12/h1-6,9,14,16H,7-8H2/t14-/m0/s1. The first-order valence-electron chi connectivity index (χ1n) is 5.83. The zero-order valence-electron chi connectivity index (χ0n) is 9.74. The number of benzene rings is 1. The third kappa shape index (κ3) is 2.02. The van der Waals surface area contributed by atoms with Gasteiger partial charge in [-0.15, -0.1) is 0 Å². The van der Waals surface area contributed by atoms with E-state index in [-0.39, 0.29) is 0 Å². The van der Waals surface area contributed by atoms with Gasteiger partial charge in [-0.2, -0.15) is 0 Å². The number of pyridine rings is 1. The Balaban J connectivity index is 1.93. The van der Waals surface area contributed by atoms with Crippen LogP contribution in [0.4, 0.5) is 0 Å². The van der Waals surface area contributed by atoms with E-state index in [0.29, 0.717) is 24.7 Å². The van der Waals surface area contributed by atoms with Crippen LogP contribution in [0.25, 0.3) is 0 Å². The third-order valence-electron chi connectivity index (χ3n) is 2.85. The lowest BCUT2D eigenvalue weighted by Gasteiger charge is -2.20. The molecule has 1 aromatic carbocycles. The van der Waals surface area contributed by atoms with Crippen LogP contribution in [0.1, 0.15) is 17.4 Å². The number of aromatic nitrogens is 1. The summed E-state index contributed by atoms with van der Waals surface area (Å²) < 4.78 is 10.9. The Labute approximate surface area is 105 Å². The predicted molar refractivity (Wildman–Crippen MR) is 65.7 cm³/mol. The van der Waals surface area contributed by atoms with Crippen molar-refractivity contribution >= 4 is 0 Å². The SMILES string of the molecule is O[C@@H](c1ccc2c(c1)OCCO2)c1ccccn1. The Morgan fingerprint density at radius 1 is 1.06 bits per heavy atom. The Morgan fingerprint density at radius 3 is 2.67 bits per heavy atom. The lowest BCUT2D eigenvalue weighted by molar-refractivity contribution is 0.169. The van der Waals surface area contributed by atoms with Crippen molar-refractivity contribution in [1.82, 2.24) is 4.98 Å². The summed E-state index contributed by atoms with van der Waals surface area (Å²) in [5.74, 6) is 1.40. The van der Waals surface area contributed by atoms with Crippen LogP contribution in [0.2, 0.25) is 0 Å². The number of nitrogens with zero attached hydrogens (tertiary/aromatic N) is 1. The minimum Gasteiger partial charge on any atom is -0.486 e. The summed E-state index contributed by atoms with van der Waals surface area (Å²) in [5.41, 5.74) is 1.37. The molecule has 0 radical (unpaired) electrons. The lowest BCUT2D eigenvalue weighted by Crippen LogP contribution is -2.15. The zero-order chi connectivity index (χ0) is 12.4. The first kappa shape index (κ1) is 11.0. The molecule has 0 bridgehead atoms. The number of hydrogen-bond acceptors (Lipinski definition) is 4. The minimum absolute atomic E-state index is 0.538. The van der Waals surface area contributed by atoms with Gasteiger partial charge >= 0.3 is 0 Å². The number of aliphatic hydroxyl groups excluding tert-OH is 1. The Morgan fingerprint density at radius 2 is 1.89 bits per heavy atom. The fraction of sp³-hybridized carbons (Fsp3) is 0.214. The predicted octanol–water partition coefficient (Wildman–Crippen LogP) is 1.93. The highest BCUT2D eigenvalue weighted by molar-refractivity contribution is 5.45. The molecular weight excluding hydrogens is 230 g/mol. The average molecular weight is 243 g/mol. The highest BCUT2D eigenvalue weighted by atomic mass is 16.6. The number of rotatable bonds is 2. The first-order chi connectivity index (χ1) is 8.84. The third-order valence-corrected chi connectivity index (χ3v) is 2.85. The van der Waals surface area contributed by atoms with E-state index in [4.69, 9.17) is 9.47 Å². The quantitative estimate of drug-likeness (QED) is 0.875. The van der Waals surface area contributed by atoms with Crippen molar-refractivity contribution in [1.29, 1.82) is 0 Å². The van der Waals surface area contributed by atoms with Gasteiger partial charge in [-0.25, -0.2) is 0 Å². The molecule has 0 saturated heterocycles. The monoisotopic (exact) mass is 243 g/mol. The molecule has 2 heterocycles. The molecule has 0 spiro atoms. The summed E-state index contributed by atoms with van der Waals surface area (Å²) in [7, 11) is 0. The number of aliphatic hydroxyl groups is 1. The van der Waals surface area contributed by atoms with Crippen molar-refractivity contribution < 1.29 is 14.6 Å². The van der Waals surface area contributed by atoms with E-state index >= 15 is 0 Å². The largest absolute Gasteiger partial charge is 0.486 e. The second kappa shape index (κ2) is 4.66. The van der Waals surface area contributed by atoms with Gasteiger partial charge < -0.3 is 14.6 Å². The maximum atomic E-state index is 10.2. The van der Waals surface area contributed by atoms with E-state index in [2.05, 4.69) is 4.98 Å². The first-order valence-corrected chi connectivity index (χ1v) is 5.83. The molecule has 0 fully saturated rings. The van der Waals surface area contributed by atoms with Crippen LogP contribution < -0.4 is 9.47 Å². The van der Waals surface area contributed by atoms with E-state index < -0.39 is 6.10 Å². The van der Waals surface area contributed by atoms with Gasteiger partial charge in [-0.05, 0) is 29.8 Å². The molecule has 1 N–H and O–H groups in total. The van der Waals surface area contributed by atoms with Crippen LogP contribution >= 0.6 is 0 Å². The van der Waals surface area contributed by atoms with Crippen LogP contribution in [-0.4, -0.2) is 23.3 Å². The van der Waals surface area contributed by atoms with Crippen molar-refractivity contribution in [2.45, 2.75) is 6.10 Å². The van der Waals surface area contributed by atoms with Gasteiger partial charge in [0.25, 0.3) is 0 Å². The van der Waals surface area contributed by atoms with Gasteiger partial charge in [0, 0.05) is 6.20 Å². The summed E-state index contributed by atoms with van der Waals surface area (Å²) in [6.45, 7) is 1.10. The Bertz CT molecular complexity index is 542. The zero-order valence-corrected chi connectivity index (χ0v) is 9.74. The molecule has 2 aromatic rings. The van der Waals surface area contributed by atoms with Gasteiger partial charge in [0.2, 0.25) is 0 Å². The van der Waals surface area contributed by atoms with E-state index in [1.807, 2.05) is 24.3 Å². The van der Waals surface area contributed by atoms with Gasteiger partial charge in [0.15, 0.2) is 11.5 Å². The number of hydrogen-bond donors (Lipinski definition) is 1. The molecule has 92 valence electrons. The van der Waals surface area contributed by atoms with Crippen LogP contribution in [0.5, 0.6) is 11.5 Å². The van der Waals surface area contributed by atoms with E-state index in [1.165, 1.54) is 0 Å². The molecule has 3 rings (SSSR count). The summed E-state index contributed by atoms with van der Waals surface area (Å²) in [4.78, 5) is 4.15. The van der Waals surface area contributed by atoms with Gasteiger partial charge in [-0.3, -0.25) is 4.98 Å². The van der Waals surface area contributed by atoms with Crippen LogP contribution in [0, 0.1) is 0 Å². The molecule has 0 amide bonds. The van der Waals surface area contributed by atoms with E-state index in [9.17, 15) is 5.11 Å². The van der Waals surface area contributed by atoms with Crippen LogP contribution in [-0.2, 0) is 0 Å². The highest BCUT2D eigenvalue weighted by Crippen LogP contribution is 2.33. The smallest absolute Gasteiger partial charge is 0.161 e. The molecule has 18 heavy (non-hydrogen) atoms. The second-order valence-electron chi connectivity index (χ2n) is 4.06. The van der Waals surface area contributed by atoms with Crippen molar-refractivity contribution in [3.8, 4) is 11.5 Å².